The van der Waals surface area contributed by atoms with Crippen molar-refractivity contribution in [1.82, 2.24) is 0 Å². The van der Waals surface area contributed by atoms with Crippen molar-refractivity contribution in [3.8, 4) is 0 Å². The summed E-state index contributed by atoms with van der Waals surface area (Å²) in [5.74, 6) is -3.47. The quantitative estimate of drug-likeness (QED) is 0.373. The van der Waals surface area contributed by atoms with Gasteiger partial charge in [-0.15, -0.1) is 11.8 Å². The molecule has 1 aliphatic rings. The zero-order valence-electron chi connectivity index (χ0n) is 12.6. The van der Waals surface area contributed by atoms with Gasteiger partial charge in [0.05, 0.1) is 12.0 Å². The van der Waals surface area contributed by atoms with Gasteiger partial charge in [-0.1, -0.05) is 0 Å². The van der Waals surface area contributed by atoms with Crippen LogP contribution in [0, 0.1) is 17.8 Å². The van der Waals surface area contributed by atoms with Gasteiger partial charge in [0.1, 0.15) is 17.5 Å². The summed E-state index contributed by atoms with van der Waals surface area (Å²) in [7, 11) is 0. The van der Waals surface area contributed by atoms with Crippen LogP contribution in [0.4, 0.5) is 0 Å². The van der Waals surface area contributed by atoms with Gasteiger partial charge in [0, 0.05) is 30.9 Å². The first-order chi connectivity index (χ1) is 10.2. The second-order valence-electron chi connectivity index (χ2n) is 5.40. The van der Waals surface area contributed by atoms with Gasteiger partial charge >= 0.3 is 11.9 Å². The van der Waals surface area contributed by atoms with E-state index < -0.39 is 29.0 Å². The van der Waals surface area contributed by atoms with Gasteiger partial charge in [-0.25, -0.2) is 0 Å². The van der Waals surface area contributed by atoms with Crippen LogP contribution in [-0.4, -0.2) is 46.3 Å². The summed E-state index contributed by atoms with van der Waals surface area (Å²) >= 11 is 1.09. The number of ether oxygens (including phenoxy) is 1. The van der Waals surface area contributed by atoms with Crippen molar-refractivity contribution in [2.45, 2.75) is 32.1 Å². The average Bonchev–Trinajstić information content (AvgIpc) is 2.73. The minimum atomic E-state index is -1.28. The maximum Gasteiger partial charge on any atom is 0.316 e. The van der Waals surface area contributed by atoms with E-state index >= 15 is 0 Å². The lowest BCUT2D eigenvalue weighted by Gasteiger charge is -2.21. The van der Waals surface area contributed by atoms with Crippen LogP contribution in [0.25, 0.3) is 0 Å². The molecular formula is C14H21NO6S. The topological polar surface area (TPSA) is 124 Å². The molecule has 4 atom stereocenters. The Bertz CT molecular complexity index is 452. The summed E-state index contributed by atoms with van der Waals surface area (Å²) in [6.45, 7) is 2.67. The highest BCUT2D eigenvalue weighted by atomic mass is 32.2. The molecule has 0 amide bonds. The molecule has 0 aromatic carbocycles. The van der Waals surface area contributed by atoms with Crippen molar-refractivity contribution in [2.75, 3.05) is 12.4 Å². The summed E-state index contributed by atoms with van der Waals surface area (Å²) in [6, 6.07) is 0. The van der Waals surface area contributed by atoms with Crippen molar-refractivity contribution < 1.29 is 29.0 Å². The van der Waals surface area contributed by atoms with E-state index in [1.807, 2.05) is 0 Å². The number of rotatable bonds is 8. The first-order valence-electron chi connectivity index (χ1n) is 7.00. The van der Waals surface area contributed by atoms with E-state index in [4.69, 9.17) is 15.6 Å². The summed E-state index contributed by atoms with van der Waals surface area (Å²) in [6.07, 6.45) is 1.06. The molecule has 0 aromatic heterocycles. The maximum absolute atomic E-state index is 11.9. The normalized spacial score (nSPS) is 23.9. The fourth-order valence-electron chi connectivity index (χ4n) is 2.49. The number of carboxylic acid groups (broad SMARTS) is 1. The number of carboxylic acids is 1. The highest BCUT2D eigenvalue weighted by Crippen LogP contribution is 2.33. The molecule has 8 heteroatoms. The molecule has 4 unspecified atom stereocenters. The van der Waals surface area contributed by atoms with Crippen molar-refractivity contribution in [3.63, 3.8) is 0 Å². The first-order valence-corrected chi connectivity index (χ1v) is 8.05. The molecule has 22 heavy (non-hydrogen) atoms. The zero-order chi connectivity index (χ0) is 16.9. The molecule has 1 aliphatic carbocycles. The predicted molar refractivity (Wildman–Crippen MR) is 80.1 cm³/mol. The average molecular weight is 331 g/mol. The Morgan fingerprint density at radius 2 is 2.05 bits per heavy atom. The summed E-state index contributed by atoms with van der Waals surface area (Å²) < 4.78 is 4.96. The maximum atomic E-state index is 11.9. The Balaban J connectivity index is 2.59. The van der Waals surface area contributed by atoms with E-state index in [1.165, 1.54) is 13.8 Å². The van der Waals surface area contributed by atoms with Crippen LogP contribution in [0.5, 0.6) is 0 Å². The highest BCUT2D eigenvalue weighted by molar-refractivity contribution is 7.99. The van der Waals surface area contributed by atoms with Gasteiger partial charge in [-0.05, 0) is 13.3 Å². The molecule has 0 aromatic rings. The van der Waals surface area contributed by atoms with Gasteiger partial charge in [0.2, 0.25) is 0 Å². The molecule has 3 N–H and O–H groups in total. The lowest BCUT2D eigenvalue weighted by molar-refractivity contribution is -0.146. The number of thioether (sulfide) groups is 1. The molecule has 0 spiro atoms. The van der Waals surface area contributed by atoms with E-state index in [-0.39, 0.29) is 24.2 Å². The Hall–Kier alpha value is -1.41. The number of carbonyl (C=O) groups excluding carboxylic acids is 3. The third-order valence-electron chi connectivity index (χ3n) is 3.75. The second kappa shape index (κ2) is 8.28. The van der Waals surface area contributed by atoms with E-state index in [0.29, 0.717) is 18.6 Å². The molecule has 1 rings (SSSR count). The van der Waals surface area contributed by atoms with Crippen molar-refractivity contribution in [1.29, 1.82) is 0 Å². The fourth-order valence-corrected chi connectivity index (χ4v) is 3.87. The molecular weight excluding hydrogens is 310 g/mol. The monoisotopic (exact) mass is 331 g/mol. The third-order valence-corrected chi connectivity index (χ3v) is 4.95. The summed E-state index contributed by atoms with van der Waals surface area (Å²) in [4.78, 5) is 45.1. The molecule has 1 fully saturated rings. The van der Waals surface area contributed by atoms with Crippen molar-refractivity contribution >= 4 is 35.3 Å². The van der Waals surface area contributed by atoms with Gasteiger partial charge in [-0.2, -0.15) is 0 Å². The number of nitrogens with two attached hydrogens (primary N) is 1. The number of hydrogen-bond donors (Lipinski definition) is 2. The summed E-state index contributed by atoms with van der Waals surface area (Å²) in [5.41, 5.74) is 5.78. The standard InChI is InChI=1S/C14H21NO6S/c1-7(16)12(14(19)20)13(15)22-6-10-9(3-4-11(10)18)5-21-8(2)17/h9-10,12-13H,3-6,15H2,1-2H3,(H,19,20). The number of ketones is 2. The predicted octanol–water partition coefficient (Wildman–Crippen LogP) is 0.453. The number of aliphatic carboxylic acids is 1. The summed E-state index contributed by atoms with van der Waals surface area (Å²) in [5, 5.41) is 8.11. The third kappa shape index (κ3) is 5.10. The molecule has 0 radical (unpaired) electrons. The Kier molecular flexibility index (Phi) is 7.02. The van der Waals surface area contributed by atoms with Crippen LogP contribution in [0.1, 0.15) is 26.7 Å². The Morgan fingerprint density at radius 3 is 2.55 bits per heavy atom. The smallest absolute Gasteiger partial charge is 0.316 e. The van der Waals surface area contributed by atoms with E-state index in [2.05, 4.69) is 0 Å². The molecule has 1 saturated carbocycles. The van der Waals surface area contributed by atoms with Crippen LogP contribution in [0.2, 0.25) is 0 Å². The molecule has 0 saturated heterocycles. The second-order valence-corrected chi connectivity index (χ2v) is 6.61. The van der Waals surface area contributed by atoms with Gasteiger partial charge < -0.3 is 15.6 Å². The Labute approximate surface area is 132 Å². The van der Waals surface area contributed by atoms with Crippen LogP contribution < -0.4 is 5.73 Å². The van der Waals surface area contributed by atoms with E-state index in [1.54, 1.807) is 0 Å². The van der Waals surface area contributed by atoms with Gasteiger partial charge in [0.25, 0.3) is 0 Å². The number of esters is 1. The number of carbonyl (C=O) groups is 4. The molecule has 0 aliphatic heterocycles. The highest BCUT2D eigenvalue weighted by Gasteiger charge is 2.37. The fraction of sp³-hybridized carbons (Fsp3) is 0.714. The zero-order valence-corrected chi connectivity index (χ0v) is 13.4. The Morgan fingerprint density at radius 1 is 1.41 bits per heavy atom. The minimum absolute atomic E-state index is 0.0616. The molecule has 7 nitrogen and oxygen atoms in total. The van der Waals surface area contributed by atoms with Crippen molar-refractivity contribution in [3.05, 3.63) is 0 Å². The van der Waals surface area contributed by atoms with Crippen molar-refractivity contribution in [2.24, 2.45) is 23.5 Å². The van der Waals surface area contributed by atoms with Crippen LogP contribution >= 0.6 is 11.8 Å². The van der Waals surface area contributed by atoms with Crippen LogP contribution in [0.3, 0.4) is 0 Å². The lowest BCUT2D eigenvalue weighted by Crippen LogP contribution is -2.38. The van der Waals surface area contributed by atoms with Gasteiger partial charge in [-0.3, -0.25) is 19.2 Å². The van der Waals surface area contributed by atoms with E-state index in [9.17, 15) is 19.2 Å². The van der Waals surface area contributed by atoms with Crippen LogP contribution in [-0.2, 0) is 23.9 Å². The lowest BCUT2D eigenvalue weighted by atomic mass is 9.98. The molecule has 124 valence electrons. The first kappa shape index (κ1) is 18.6. The largest absolute Gasteiger partial charge is 0.481 e. The van der Waals surface area contributed by atoms with Crippen LogP contribution in [0.15, 0.2) is 0 Å². The number of Topliss-reactive ketones (excluding diaryl/α,β-unsaturated/α-hetero) is 2. The number of hydrogen-bond acceptors (Lipinski definition) is 7. The molecule has 0 bridgehead atoms. The molecule has 0 heterocycles. The minimum Gasteiger partial charge on any atom is -0.481 e. The van der Waals surface area contributed by atoms with Gasteiger partial charge in [0.15, 0.2) is 0 Å². The SMILES string of the molecule is CC(=O)OCC1CCC(=O)C1CSC(N)C(C(C)=O)C(=O)O. The van der Waals surface area contributed by atoms with E-state index in [0.717, 1.165) is 11.8 Å².